The molecule has 1 unspecified atom stereocenters. The molecular formula is C51H61N3O2. The summed E-state index contributed by atoms with van der Waals surface area (Å²) in [6, 6.07) is 35.9. The highest BCUT2D eigenvalue weighted by Gasteiger charge is 2.43. The first kappa shape index (κ1) is 39.4. The van der Waals surface area contributed by atoms with Crippen LogP contribution in [0.15, 0.2) is 144 Å². The molecule has 0 spiro atoms. The highest BCUT2D eigenvalue weighted by atomic mass is 16.5. The van der Waals surface area contributed by atoms with E-state index in [1.54, 1.807) is 14.2 Å². The summed E-state index contributed by atoms with van der Waals surface area (Å²) in [5.74, 6) is 0. The Kier molecular flexibility index (Phi) is 11.8. The molecule has 0 fully saturated rings. The van der Waals surface area contributed by atoms with Crippen molar-refractivity contribution in [2.75, 3.05) is 55.2 Å². The number of allylic oxidation sites excluding steroid dienone is 6. The smallest absolute Gasteiger partial charge is 0.0568 e. The lowest BCUT2D eigenvalue weighted by molar-refractivity contribution is 0.195. The molecule has 4 aromatic carbocycles. The van der Waals surface area contributed by atoms with Gasteiger partial charge in [0.1, 0.15) is 0 Å². The van der Waals surface area contributed by atoms with E-state index in [1.165, 1.54) is 56.2 Å². The van der Waals surface area contributed by atoms with E-state index < -0.39 is 0 Å². The van der Waals surface area contributed by atoms with Crippen LogP contribution in [0.3, 0.4) is 0 Å². The highest BCUT2D eigenvalue weighted by Crippen LogP contribution is 2.50. The number of hydrogen-bond acceptors (Lipinski definition) is 5. The van der Waals surface area contributed by atoms with Crippen LogP contribution in [0.5, 0.6) is 0 Å². The fraction of sp³-hybridized carbons (Fsp3) is 0.373. The Morgan fingerprint density at radius 3 is 1.91 bits per heavy atom. The van der Waals surface area contributed by atoms with Gasteiger partial charge in [-0.1, -0.05) is 118 Å². The SMILES string of the molecule is COCCCN1/C(=C/C=C2\CCC(/C=C/C3N(CCCOC)c4ccc(C)cc4C3(C)C)=C2N(c2ccccc2)c2ccccc2)C(C)(C)c2cc(C)ccc21. The predicted octanol–water partition coefficient (Wildman–Crippen LogP) is 11.9. The van der Waals surface area contributed by atoms with Crippen molar-refractivity contribution in [2.45, 2.75) is 84.1 Å². The van der Waals surface area contributed by atoms with Gasteiger partial charge in [-0.2, -0.15) is 0 Å². The summed E-state index contributed by atoms with van der Waals surface area (Å²) in [6.07, 6.45) is 13.7. The second kappa shape index (κ2) is 16.7. The van der Waals surface area contributed by atoms with Gasteiger partial charge in [-0.15, -0.1) is 0 Å². The molecule has 1 aliphatic carbocycles. The Morgan fingerprint density at radius 1 is 0.696 bits per heavy atom. The van der Waals surface area contributed by atoms with Crippen molar-refractivity contribution in [3.05, 3.63) is 166 Å². The number of anilines is 4. The summed E-state index contributed by atoms with van der Waals surface area (Å²) >= 11 is 0. The van der Waals surface area contributed by atoms with Crippen LogP contribution >= 0.6 is 0 Å². The van der Waals surface area contributed by atoms with Gasteiger partial charge in [0.05, 0.1) is 11.7 Å². The minimum Gasteiger partial charge on any atom is -0.385 e. The molecule has 0 bridgehead atoms. The fourth-order valence-corrected chi connectivity index (χ4v) is 9.27. The number of para-hydroxylation sites is 2. The number of benzene rings is 4. The molecule has 7 rings (SSSR count). The second-order valence-corrected chi connectivity index (χ2v) is 16.9. The topological polar surface area (TPSA) is 28.2 Å². The summed E-state index contributed by atoms with van der Waals surface area (Å²) in [4.78, 5) is 7.64. The van der Waals surface area contributed by atoms with Crippen LogP contribution < -0.4 is 14.7 Å². The number of fused-ring (bicyclic) bond motifs is 2. The fourth-order valence-electron chi connectivity index (χ4n) is 9.27. The molecule has 292 valence electrons. The molecule has 0 aromatic heterocycles. The van der Waals surface area contributed by atoms with Gasteiger partial charge in [0.15, 0.2) is 0 Å². The van der Waals surface area contributed by atoms with Crippen LogP contribution in [0.25, 0.3) is 0 Å². The number of rotatable bonds is 14. The van der Waals surface area contributed by atoms with Crippen LogP contribution in [0.2, 0.25) is 0 Å². The van der Waals surface area contributed by atoms with Gasteiger partial charge in [-0.05, 0) is 104 Å². The van der Waals surface area contributed by atoms with Crippen LogP contribution in [0.1, 0.15) is 75.6 Å². The lowest BCUT2D eigenvalue weighted by Crippen LogP contribution is -2.40. The molecule has 0 saturated carbocycles. The normalized spacial score (nSPS) is 19.8. The Hall–Kier alpha value is -4.84. The molecule has 5 heteroatoms. The molecule has 0 radical (unpaired) electrons. The first-order chi connectivity index (χ1) is 27.1. The molecule has 4 aromatic rings. The van der Waals surface area contributed by atoms with E-state index in [4.69, 9.17) is 9.47 Å². The zero-order valence-electron chi connectivity index (χ0n) is 34.9. The average Bonchev–Trinajstić information content (AvgIpc) is 3.75. The van der Waals surface area contributed by atoms with E-state index in [2.05, 4.69) is 178 Å². The molecule has 1 atom stereocenters. The van der Waals surface area contributed by atoms with Crippen LogP contribution in [0, 0.1) is 13.8 Å². The summed E-state index contributed by atoms with van der Waals surface area (Å²) in [5.41, 5.74) is 15.6. The van der Waals surface area contributed by atoms with Gasteiger partial charge in [-0.3, -0.25) is 0 Å². The summed E-state index contributed by atoms with van der Waals surface area (Å²) in [5, 5.41) is 0. The minimum atomic E-state index is -0.136. The molecule has 56 heavy (non-hydrogen) atoms. The van der Waals surface area contributed by atoms with Crippen molar-refractivity contribution in [1.29, 1.82) is 0 Å². The van der Waals surface area contributed by atoms with Gasteiger partial charge in [0.2, 0.25) is 0 Å². The first-order valence-electron chi connectivity index (χ1n) is 20.5. The third kappa shape index (κ3) is 7.64. The molecule has 3 aliphatic rings. The lowest BCUT2D eigenvalue weighted by Gasteiger charge is -2.33. The number of ether oxygens (including phenoxy) is 2. The van der Waals surface area contributed by atoms with Crippen LogP contribution in [-0.4, -0.2) is 46.6 Å². The van der Waals surface area contributed by atoms with Crippen molar-refractivity contribution in [3.63, 3.8) is 0 Å². The zero-order valence-corrected chi connectivity index (χ0v) is 34.9. The Morgan fingerprint density at radius 2 is 1.29 bits per heavy atom. The van der Waals surface area contributed by atoms with E-state index in [0.29, 0.717) is 0 Å². The van der Waals surface area contributed by atoms with Crippen molar-refractivity contribution >= 4 is 22.7 Å². The molecular weight excluding hydrogens is 687 g/mol. The summed E-state index contributed by atoms with van der Waals surface area (Å²) < 4.78 is 11.0. The van der Waals surface area contributed by atoms with Crippen LogP contribution in [0.4, 0.5) is 22.7 Å². The van der Waals surface area contributed by atoms with E-state index >= 15 is 0 Å². The number of methoxy groups -OCH3 is 2. The lowest BCUT2D eigenvalue weighted by atomic mass is 9.79. The summed E-state index contributed by atoms with van der Waals surface area (Å²) in [6.45, 7) is 17.4. The third-order valence-electron chi connectivity index (χ3n) is 12.2. The Bertz CT molecular complexity index is 2090. The van der Waals surface area contributed by atoms with Gasteiger partial charge in [0.25, 0.3) is 0 Å². The van der Waals surface area contributed by atoms with Gasteiger partial charge < -0.3 is 24.2 Å². The predicted molar refractivity (Wildman–Crippen MR) is 236 cm³/mol. The Labute approximate surface area is 336 Å². The maximum atomic E-state index is 5.52. The van der Waals surface area contributed by atoms with Gasteiger partial charge in [0, 0.05) is 79.8 Å². The first-order valence-corrected chi connectivity index (χ1v) is 20.5. The quantitative estimate of drug-likeness (QED) is 0.120. The second-order valence-electron chi connectivity index (χ2n) is 16.9. The van der Waals surface area contributed by atoms with E-state index in [-0.39, 0.29) is 16.9 Å². The van der Waals surface area contributed by atoms with Gasteiger partial charge >= 0.3 is 0 Å². The largest absolute Gasteiger partial charge is 0.385 e. The molecule has 2 heterocycles. The molecule has 0 saturated heterocycles. The zero-order chi connectivity index (χ0) is 39.5. The average molecular weight is 748 g/mol. The van der Waals surface area contributed by atoms with Crippen LogP contribution in [-0.2, 0) is 20.3 Å². The summed E-state index contributed by atoms with van der Waals surface area (Å²) in [7, 11) is 3.60. The standard InChI is InChI=1S/C51H61N3O2/c1-37-21-27-45-43(35-37)50(3,4)47(52(45)31-15-33-55-7)29-25-39-23-24-40(49(39)54(41-17-11-9-12-18-41)42-19-13-10-14-20-42)26-30-48-51(5,6)44-36-38(2)22-28-46(44)53(48)32-16-34-56-8/h9-14,17-22,25-30,35-36,47H,15-16,23-24,31-34H2,1-8H3/b29-25+,40-26+,48-30+. The number of nitrogens with zero attached hydrogens (tertiary/aromatic N) is 3. The van der Waals surface area contributed by atoms with E-state index in [1.807, 2.05) is 0 Å². The molecule has 2 aliphatic heterocycles. The Balaban J connectivity index is 1.36. The molecule has 0 amide bonds. The molecule has 5 nitrogen and oxygen atoms in total. The van der Waals surface area contributed by atoms with Gasteiger partial charge in [-0.25, -0.2) is 0 Å². The monoisotopic (exact) mass is 747 g/mol. The van der Waals surface area contributed by atoms with Crippen molar-refractivity contribution in [2.24, 2.45) is 0 Å². The minimum absolute atomic E-state index is 0.0560. The van der Waals surface area contributed by atoms with Crippen molar-refractivity contribution in [3.8, 4) is 0 Å². The molecule has 0 N–H and O–H groups in total. The van der Waals surface area contributed by atoms with E-state index in [9.17, 15) is 0 Å². The maximum Gasteiger partial charge on any atom is 0.0568 e. The van der Waals surface area contributed by atoms with Crippen molar-refractivity contribution in [1.82, 2.24) is 0 Å². The number of aryl methyl sites for hydroxylation is 2. The van der Waals surface area contributed by atoms with Crippen molar-refractivity contribution < 1.29 is 9.47 Å². The number of hydrogen-bond donors (Lipinski definition) is 0. The highest BCUT2D eigenvalue weighted by molar-refractivity contribution is 5.75. The third-order valence-corrected chi connectivity index (χ3v) is 12.2. The van der Waals surface area contributed by atoms with E-state index in [0.717, 1.165) is 63.4 Å². The maximum absolute atomic E-state index is 5.52.